The molecule has 1 N–H and O–H groups in total. The summed E-state index contributed by atoms with van der Waals surface area (Å²) in [5.74, 6) is 2.45. The van der Waals surface area contributed by atoms with Gasteiger partial charge >= 0.3 is 0 Å². The van der Waals surface area contributed by atoms with Crippen molar-refractivity contribution in [3.63, 3.8) is 0 Å². The van der Waals surface area contributed by atoms with E-state index < -0.39 is 0 Å². The number of benzene rings is 1. The van der Waals surface area contributed by atoms with E-state index in [1.165, 1.54) is 24.0 Å². The van der Waals surface area contributed by atoms with E-state index in [0.717, 1.165) is 18.0 Å². The summed E-state index contributed by atoms with van der Waals surface area (Å²) in [4.78, 5) is 0. The summed E-state index contributed by atoms with van der Waals surface area (Å²) in [7, 11) is 0. The van der Waals surface area contributed by atoms with E-state index >= 15 is 0 Å². The number of fused-ring (bicyclic) bond motifs is 2. The minimum absolute atomic E-state index is 0.469. The number of ether oxygens (including phenoxy) is 2. The van der Waals surface area contributed by atoms with Gasteiger partial charge in [0, 0.05) is 6.04 Å². The second-order valence-electron chi connectivity index (χ2n) is 5.21. The Morgan fingerprint density at radius 3 is 2.44 bits per heavy atom. The van der Waals surface area contributed by atoms with Crippen molar-refractivity contribution in [2.45, 2.75) is 38.6 Å². The molecule has 1 aromatic carbocycles. The van der Waals surface area contributed by atoms with Gasteiger partial charge in [-0.3, -0.25) is 0 Å². The molecule has 1 aromatic rings. The first-order chi connectivity index (χ1) is 8.79. The van der Waals surface area contributed by atoms with Crippen LogP contribution < -0.4 is 14.8 Å². The number of rotatable bonds is 2. The van der Waals surface area contributed by atoms with Gasteiger partial charge in [-0.1, -0.05) is 13.8 Å². The first-order valence-corrected chi connectivity index (χ1v) is 6.96. The molecule has 3 nitrogen and oxygen atoms in total. The zero-order valence-electron chi connectivity index (χ0n) is 11.2. The van der Waals surface area contributed by atoms with Crippen LogP contribution in [0.5, 0.6) is 11.5 Å². The molecule has 0 radical (unpaired) electrons. The predicted octanol–water partition coefficient (Wildman–Crippen LogP) is 3.01. The molecule has 2 aliphatic rings. The van der Waals surface area contributed by atoms with Crippen LogP contribution >= 0.6 is 0 Å². The number of hydrogen-bond donors (Lipinski definition) is 1. The van der Waals surface area contributed by atoms with Crippen LogP contribution in [0.3, 0.4) is 0 Å². The second-order valence-corrected chi connectivity index (χ2v) is 5.21. The van der Waals surface area contributed by atoms with Crippen molar-refractivity contribution in [1.29, 1.82) is 0 Å². The minimum atomic E-state index is 0.469. The monoisotopic (exact) mass is 247 g/mol. The smallest absolute Gasteiger partial charge is 0.161 e. The highest BCUT2D eigenvalue weighted by Gasteiger charge is 2.27. The summed E-state index contributed by atoms with van der Waals surface area (Å²) in [6.45, 7) is 6.80. The fraction of sp³-hybridized carbons (Fsp3) is 0.600. The molecular weight excluding hydrogens is 226 g/mol. The summed E-state index contributed by atoms with van der Waals surface area (Å²) in [6, 6.07) is 4.85. The SMILES string of the molecule is CCNC1CCC(C)c2cc3c(cc21)OCCO3. The molecule has 0 bridgehead atoms. The Morgan fingerprint density at radius 2 is 1.78 bits per heavy atom. The van der Waals surface area contributed by atoms with Gasteiger partial charge in [0.05, 0.1) is 0 Å². The summed E-state index contributed by atoms with van der Waals surface area (Å²) in [5, 5.41) is 3.57. The van der Waals surface area contributed by atoms with Gasteiger partial charge in [0.2, 0.25) is 0 Å². The van der Waals surface area contributed by atoms with E-state index in [4.69, 9.17) is 9.47 Å². The maximum atomic E-state index is 5.70. The highest BCUT2D eigenvalue weighted by atomic mass is 16.6. The van der Waals surface area contributed by atoms with E-state index in [1.807, 2.05) is 0 Å². The highest BCUT2D eigenvalue weighted by molar-refractivity contribution is 5.51. The van der Waals surface area contributed by atoms with Gasteiger partial charge in [0.1, 0.15) is 13.2 Å². The third-order valence-corrected chi connectivity index (χ3v) is 3.99. The standard InChI is InChI=1S/C15H21NO2/c1-3-16-13-5-4-10(2)11-8-14-15(9-12(11)13)18-7-6-17-14/h8-10,13,16H,3-7H2,1-2H3. The molecule has 1 aliphatic heterocycles. The molecule has 1 heterocycles. The van der Waals surface area contributed by atoms with Gasteiger partial charge in [-0.25, -0.2) is 0 Å². The number of hydrogen-bond acceptors (Lipinski definition) is 3. The molecule has 0 spiro atoms. The Hall–Kier alpha value is -1.22. The van der Waals surface area contributed by atoms with Crippen LogP contribution in [0, 0.1) is 0 Å². The molecule has 0 amide bonds. The molecule has 2 atom stereocenters. The molecule has 0 saturated heterocycles. The van der Waals surface area contributed by atoms with Gasteiger partial charge in [0.15, 0.2) is 11.5 Å². The van der Waals surface area contributed by atoms with Gasteiger partial charge in [0.25, 0.3) is 0 Å². The Bertz CT molecular complexity index is 444. The quantitative estimate of drug-likeness (QED) is 0.871. The Labute approximate surface area is 108 Å². The molecule has 3 rings (SSSR count). The summed E-state index contributed by atoms with van der Waals surface area (Å²) < 4.78 is 11.4. The average molecular weight is 247 g/mol. The highest BCUT2D eigenvalue weighted by Crippen LogP contribution is 2.43. The van der Waals surface area contributed by atoms with Crippen LogP contribution in [0.4, 0.5) is 0 Å². The average Bonchev–Trinajstić information content (AvgIpc) is 2.41. The predicted molar refractivity (Wildman–Crippen MR) is 71.5 cm³/mol. The van der Waals surface area contributed by atoms with E-state index in [9.17, 15) is 0 Å². The zero-order valence-corrected chi connectivity index (χ0v) is 11.2. The lowest BCUT2D eigenvalue weighted by molar-refractivity contribution is 0.170. The van der Waals surface area contributed by atoms with Crippen molar-refractivity contribution in [2.24, 2.45) is 0 Å². The van der Waals surface area contributed by atoms with E-state index in [-0.39, 0.29) is 0 Å². The summed E-state index contributed by atoms with van der Waals surface area (Å²) in [5.41, 5.74) is 2.83. The topological polar surface area (TPSA) is 30.5 Å². The molecule has 0 aromatic heterocycles. The van der Waals surface area contributed by atoms with Crippen molar-refractivity contribution < 1.29 is 9.47 Å². The van der Waals surface area contributed by atoms with Crippen molar-refractivity contribution in [2.75, 3.05) is 19.8 Å². The molecular formula is C15H21NO2. The Kier molecular flexibility index (Phi) is 3.16. The second kappa shape index (κ2) is 4.81. The first-order valence-electron chi connectivity index (χ1n) is 6.96. The van der Waals surface area contributed by atoms with Crippen LogP contribution in [0.15, 0.2) is 12.1 Å². The molecule has 0 fully saturated rings. The largest absolute Gasteiger partial charge is 0.486 e. The molecule has 2 unspecified atom stereocenters. The van der Waals surface area contributed by atoms with Crippen LogP contribution in [0.1, 0.15) is 49.8 Å². The van der Waals surface area contributed by atoms with Gasteiger partial charge in [-0.15, -0.1) is 0 Å². The number of nitrogens with one attached hydrogen (secondary N) is 1. The van der Waals surface area contributed by atoms with Crippen LogP contribution in [-0.4, -0.2) is 19.8 Å². The van der Waals surface area contributed by atoms with Gasteiger partial charge in [-0.2, -0.15) is 0 Å². The summed E-state index contributed by atoms with van der Waals surface area (Å²) in [6.07, 6.45) is 2.45. The van der Waals surface area contributed by atoms with Crippen LogP contribution in [0.2, 0.25) is 0 Å². The molecule has 1 aliphatic carbocycles. The molecule has 98 valence electrons. The van der Waals surface area contributed by atoms with E-state index in [1.54, 1.807) is 0 Å². The van der Waals surface area contributed by atoms with Crippen molar-refractivity contribution in [3.05, 3.63) is 23.3 Å². The third-order valence-electron chi connectivity index (χ3n) is 3.99. The lowest BCUT2D eigenvalue weighted by Gasteiger charge is -2.32. The Balaban J connectivity index is 2.03. The zero-order chi connectivity index (χ0) is 12.5. The third kappa shape index (κ3) is 1.97. The normalized spacial score (nSPS) is 25.7. The van der Waals surface area contributed by atoms with Crippen molar-refractivity contribution in [3.8, 4) is 11.5 Å². The van der Waals surface area contributed by atoms with Gasteiger partial charge in [-0.05, 0) is 48.6 Å². The maximum Gasteiger partial charge on any atom is 0.161 e. The minimum Gasteiger partial charge on any atom is -0.486 e. The molecule has 3 heteroatoms. The first kappa shape index (κ1) is 11.8. The Morgan fingerprint density at radius 1 is 1.11 bits per heavy atom. The van der Waals surface area contributed by atoms with E-state index in [0.29, 0.717) is 25.2 Å². The molecule has 0 saturated carbocycles. The van der Waals surface area contributed by atoms with Crippen LogP contribution in [0.25, 0.3) is 0 Å². The lowest BCUT2D eigenvalue weighted by Crippen LogP contribution is -2.26. The van der Waals surface area contributed by atoms with Crippen LogP contribution in [-0.2, 0) is 0 Å². The fourth-order valence-corrected chi connectivity index (χ4v) is 3.03. The van der Waals surface area contributed by atoms with Crippen molar-refractivity contribution >= 4 is 0 Å². The fourth-order valence-electron chi connectivity index (χ4n) is 3.03. The maximum absolute atomic E-state index is 5.70. The van der Waals surface area contributed by atoms with Gasteiger partial charge < -0.3 is 14.8 Å². The van der Waals surface area contributed by atoms with Crippen molar-refractivity contribution in [1.82, 2.24) is 5.32 Å². The summed E-state index contributed by atoms with van der Waals surface area (Å²) >= 11 is 0. The lowest BCUT2D eigenvalue weighted by atomic mass is 9.80. The molecule has 18 heavy (non-hydrogen) atoms. The van der Waals surface area contributed by atoms with E-state index in [2.05, 4.69) is 31.3 Å².